The second kappa shape index (κ2) is 7.94. The summed E-state index contributed by atoms with van der Waals surface area (Å²) >= 11 is 0. The molecule has 1 N–H and O–H groups in total. The van der Waals surface area contributed by atoms with Crippen molar-refractivity contribution >= 4 is 17.4 Å². The first-order valence-electron chi connectivity index (χ1n) is 9.49. The normalized spacial score (nSPS) is 19.6. The van der Waals surface area contributed by atoms with E-state index in [1.54, 1.807) is 48.5 Å². The Morgan fingerprint density at radius 3 is 2.73 bits per heavy atom. The fourth-order valence-electron chi connectivity index (χ4n) is 3.61. The van der Waals surface area contributed by atoms with Crippen molar-refractivity contribution in [3.8, 4) is 17.2 Å². The molecular weight excluding hydrogens is 386 g/mol. The van der Waals surface area contributed by atoms with Crippen LogP contribution in [-0.2, 0) is 9.59 Å². The van der Waals surface area contributed by atoms with Crippen molar-refractivity contribution in [3.05, 3.63) is 71.8 Å². The molecular formula is C23H21NO6. The number of hydrogen-bond acceptors (Lipinski definition) is 6. The van der Waals surface area contributed by atoms with Crippen molar-refractivity contribution in [3.63, 3.8) is 0 Å². The van der Waals surface area contributed by atoms with E-state index in [4.69, 9.17) is 14.2 Å². The number of likely N-dealkylation sites (N-methyl/N-ethyl adjacent to an activating group) is 1. The lowest BCUT2D eigenvalue weighted by Gasteiger charge is -2.22. The first-order valence-corrected chi connectivity index (χ1v) is 9.49. The molecule has 2 aromatic carbocycles. The molecule has 0 aliphatic carbocycles. The topological polar surface area (TPSA) is 85.3 Å². The Labute approximate surface area is 173 Å². The van der Waals surface area contributed by atoms with Gasteiger partial charge in [0.05, 0.1) is 11.6 Å². The molecule has 1 saturated heterocycles. The van der Waals surface area contributed by atoms with Crippen LogP contribution in [0.15, 0.2) is 60.7 Å². The maximum atomic E-state index is 12.8. The van der Waals surface area contributed by atoms with Gasteiger partial charge in [0.25, 0.3) is 11.7 Å². The Morgan fingerprint density at radius 2 is 1.97 bits per heavy atom. The molecule has 1 fully saturated rings. The highest BCUT2D eigenvalue weighted by Crippen LogP contribution is 2.40. The van der Waals surface area contributed by atoms with Crippen molar-refractivity contribution < 1.29 is 28.9 Å². The molecule has 1 atom stereocenters. The van der Waals surface area contributed by atoms with E-state index in [9.17, 15) is 14.7 Å². The van der Waals surface area contributed by atoms with Crippen molar-refractivity contribution in [2.24, 2.45) is 0 Å². The molecule has 0 radical (unpaired) electrons. The van der Waals surface area contributed by atoms with Crippen LogP contribution < -0.4 is 14.2 Å². The largest absolute Gasteiger partial charge is 0.507 e. The van der Waals surface area contributed by atoms with Crippen LogP contribution in [0.3, 0.4) is 0 Å². The monoisotopic (exact) mass is 407 g/mol. The summed E-state index contributed by atoms with van der Waals surface area (Å²) in [5, 5.41) is 11.0. The fourth-order valence-corrected chi connectivity index (χ4v) is 3.61. The third-order valence-corrected chi connectivity index (χ3v) is 5.03. The Kier molecular flexibility index (Phi) is 5.18. The lowest BCUT2D eigenvalue weighted by molar-refractivity contribution is -0.139. The van der Waals surface area contributed by atoms with E-state index in [-0.39, 0.29) is 11.3 Å². The van der Waals surface area contributed by atoms with E-state index in [0.29, 0.717) is 48.2 Å². The number of rotatable bonds is 5. The summed E-state index contributed by atoms with van der Waals surface area (Å²) in [6, 6.07) is 11.2. The second-order valence-corrected chi connectivity index (χ2v) is 6.94. The average Bonchev–Trinajstić information content (AvgIpc) is 3.01. The number of ether oxygens (including phenoxy) is 3. The van der Waals surface area contributed by atoms with Gasteiger partial charge in [-0.3, -0.25) is 9.59 Å². The van der Waals surface area contributed by atoms with Crippen molar-refractivity contribution in [2.45, 2.75) is 6.04 Å². The van der Waals surface area contributed by atoms with Gasteiger partial charge in [0.1, 0.15) is 31.3 Å². The van der Waals surface area contributed by atoms with Gasteiger partial charge in [-0.05, 0) is 35.9 Å². The Hall–Kier alpha value is -3.74. The molecule has 2 heterocycles. The predicted octanol–water partition coefficient (Wildman–Crippen LogP) is 3.07. The molecule has 7 heteroatoms. The summed E-state index contributed by atoms with van der Waals surface area (Å²) in [4.78, 5) is 26.5. The number of Topliss-reactive ketones (excluding diaryl/α,β-unsaturated/α-hetero) is 1. The Morgan fingerprint density at radius 1 is 1.20 bits per heavy atom. The lowest BCUT2D eigenvalue weighted by atomic mass is 9.95. The summed E-state index contributed by atoms with van der Waals surface area (Å²) in [5.41, 5.74) is 1.03. The number of ketones is 1. The molecule has 1 amide bonds. The summed E-state index contributed by atoms with van der Waals surface area (Å²) < 4.78 is 16.6. The van der Waals surface area contributed by atoms with Gasteiger partial charge in [-0.1, -0.05) is 24.8 Å². The number of carbonyl (C=O) groups excluding carboxylic acids is 2. The van der Waals surface area contributed by atoms with E-state index in [0.717, 1.165) is 0 Å². The molecule has 0 bridgehead atoms. The molecule has 0 aromatic heterocycles. The predicted molar refractivity (Wildman–Crippen MR) is 110 cm³/mol. The van der Waals surface area contributed by atoms with E-state index >= 15 is 0 Å². The van der Waals surface area contributed by atoms with Crippen LogP contribution in [0.25, 0.3) is 5.76 Å². The molecule has 0 spiro atoms. The first kappa shape index (κ1) is 19.6. The van der Waals surface area contributed by atoms with Crippen LogP contribution in [0.1, 0.15) is 17.2 Å². The molecule has 7 nitrogen and oxygen atoms in total. The number of likely N-dealkylation sites (tertiary alicyclic amines) is 1. The zero-order valence-electron chi connectivity index (χ0n) is 16.5. The third kappa shape index (κ3) is 3.39. The third-order valence-electron chi connectivity index (χ3n) is 5.03. The molecule has 0 saturated carbocycles. The van der Waals surface area contributed by atoms with Crippen LogP contribution in [0.5, 0.6) is 17.2 Å². The van der Waals surface area contributed by atoms with Crippen LogP contribution in [0.2, 0.25) is 0 Å². The van der Waals surface area contributed by atoms with E-state index in [2.05, 4.69) is 6.58 Å². The van der Waals surface area contributed by atoms with Gasteiger partial charge >= 0.3 is 0 Å². The molecule has 154 valence electrons. The SMILES string of the molecule is C=CCOc1cccc(C2/C(=C(\O)c3ccc4c(c3)OCCO4)C(=O)C(=O)N2C)c1. The van der Waals surface area contributed by atoms with Gasteiger partial charge < -0.3 is 24.2 Å². The number of nitrogens with zero attached hydrogens (tertiary/aromatic N) is 1. The molecule has 30 heavy (non-hydrogen) atoms. The summed E-state index contributed by atoms with van der Waals surface area (Å²) in [7, 11) is 1.53. The number of aliphatic hydroxyl groups excluding tert-OH is 1. The van der Waals surface area contributed by atoms with Crippen molar-refractivity contribution in [1.82, 2.24) is 4.90 Å². The van der Waals surface area contributed by atoms with Gasteiger partial charge in [-0.25, -0.2) is 0 Å². The van der Waals surface area contributed by atoms with Crippen molar-refractivity contribution in [1.29, 1.82) is 0 Å². The maximum absolute atomic E-state index is 12.8. The van der Waals surface area contributed by atoms with Gasteiger partial charge in [0.15, 0.2) is 11.5 Å². The molecule has 1 unspecified atom stereocenters. The number of benzene rings is 2. The van der Waals surface area contributed by atoms with E-state index in [1.807, 2.05) is 0 Å². The second-order valence-electron chi connectivity index (χ2n) is 6.94. The highest BCUT2D eigenvalue weighted by atomic mass is 16.6. The van der Waals surface area contributed by atoms with Gasteiger partial charge in [-0.15, -0.1) is 0 Å². The zero-order chi connectivity index (χ0) is 21.3. The number of aliphatic hydroxyl groups is 1. The van der Waals surface area contributed by atoms with Crippen molar-refractivity contribution in [2.75, 3.05) is 26.9 Å². The van der Waals surface area contributed by atoms with Gasteiger partial charge in [0.2, 0.25) is 0 Å². The molecule has 2 aliphatic rings. The fraction of sp³-hybridized carbons (Fsp3) is 0.217. The standard InChI is InChI=1S/C23H21NO6/c1-3-9-28-16-6-4-5-14(12-16)20-19(22(26)23(27)24(20)2)21(25)15-7-8-17-18(13-15)30-11-10-29-17/h3-8,12-13,20,25H,1,9-11H2,2H3/b21-19+. The molecule has 2 aliphatic heterocycles. The highest BCUT2D eigenvalue weighted by Gasteiger charge is 2.44. The van der Waals surface area contributed by atoms with Gasteiger partial charge in [0, 0.05) is 12.6 Å². The summed E-state index contributed by atoms with van der Waals surface area (Å²) in [6.07, 6.45) is 1.63. The summed E-state index contributed by atoms with van der Waals surface area (Å²) in [5.74, 6) is -0.0728. The van der Waals surface area contributed by atoms with Crippen LogP contribution >= 0.6 is 0 Å². The number of hydrogen-bond donors (Lipinski definition) is 1. The Balaban J connectivity index is 1.79. The maximum Gasteiger partial charge on any atom is 0.295 e. The average molecular weight is 407 g/mol. The quantitative estimate of drug-likeness (QED) is 0.355. The number of fused-ring (bicyclic) bond motifs is 1. The minimum absolute atomic E-state index is 0.0139. The van der Waals surface area contributed by atoms with Crippen LogP contribution in [0.4, 0.5) is 0 Å². The van der Waals surface area contributed by atoms with Crippen LogP contribution in [-0.4, -0.2) is 48.6 Å². The minimum atomic E-state index is -0.745. The zero-order valence-corrected chi connectivity index (χ0v) is 16.5. The molecule has 2 aromatic rings. The highest BCUT2D eigenvalue weighted by molar-refractivity contribution is 6.46. The van der Waals surface area contributed by atoms with Gasteiger partial charge in [-0.2, -0.15) is 0 Å². The number of amides is 1. The first-order chi connectivity index (χ1) is 14.5. The molecule has 4 rings (SSSR count). The summed E-state index contributed by atoms with van der Waals surface area (Å²) in [6.45, 7) is 4.80. The lowest BCUT2D eigenvalue weighted by Crippen LogP contribution is -2.24. The minimum Gasteiger partial charge on any atom is -0.507 e. The smallest absolute Gasteiger partial charge is 0.295 e. The van der Waals surface area contributed by atoms with E-state index in [1.165, 1.54) is 11.9 Å². The number of carbonyl (C=O) groups is 2. The Bertz CT molecular complexity index is 1060. The van der Waals surface area contributed by atoms with Crippen LogP contribution in [0, 0.1) is 0 Å². The van der Waals surface area contributed by atoms with E-state index < -0.39 is 17.7 Å².